The number of pyridine rings is 1. The van der Waals surface area contributed by atoms with Crippen LogP contribution in [0, 0.1) is 12.8 Å². The molecule has 0 aliphatic carbocycles. The Bertz CT molecular complexity index is 1100. The highest BCUT2D eigenvalue weighted by atomic mass is 35.5. The smallest absolute Gasteiger partial charge is 0.319 e. The van der Waals surface area contributed by atoms with Crippen molar-refractivity contribution in [3.63, 3.8) is 0 Å². The summed E-state index contributed by atoms with van der Waals surface area (Å²) in [6.45, 7) is 6.14. The molecule has 1 fully saturated rings. The fraction of sp³-hybridized carbons (Fsp3) is 0.400. The number of thiazole rings is 1. The number of nitrogens with zero attached hydrogens (tertiary/aromatic N) is 3. The van der Waals surface area contributed by atoms with Crippen LogP contribution >= 0.6 is 47.9 Å². The van der Waals surface area contributed by atoms with E-state index in [4.69, 9.17) is 9.47 Å². The van der Waals surface area contributed by atoms with Crippen molar-refractivity contribution < 1.29 is 14.3 Å². The average Bonchev–Trinajstić information content (AvgIpc) is 3.25. The number of aromatic nitrogens is 2. The van der Waals surface area contributed by atoms with E-state index < -0.39 is 0 Å². The second kappa shape index (κ2) is 14.6. The van der Waals surface area contributed by atoms with E-state index in [0.29, 0.717) is 23.9 Å². The van der Waals surface area contributed by atoms with E-state index in [9.17, 15) is 4.79 Å². The van der Waals surface area contributed by atoms with Gasteiger partial charge < -0.3 is 19.7 Å². The number of benzene rings is 1. The van der Waals surface area contributed by atoms with Crippen LogP contribution in [0.25, 0.3) is 0 Å². The van der Waals surface area contributed by atoms with Gasteiger partial charge in [-0.1, -0.05) is 18.2 Å². The Labute approximate surface area is 233 Å². The number of thioether (sulfide) groups is 1. The summed E-state index contributed by atoms with van der Waals surface area (Å²) in [5, 5.41) is 5.72. The third-order valence-electron chi connectivity index (χ3n) is 5.62. The van der Waals surface area contributed by atoms with Gasteiger partial charge >= 0.3 is 5.97 Å². The zero-order valence-corrected chi connectivity index (χ0v) is 23.8. The number of carbonyl (C=O) groups excluding carboxylic acids is 1. The van der Waals surface area contributed by atoms with Crippen LogP contribution in [0.1, 0.15) is 25.5 Å². The molecule has 1 aliphatic heterocycles. The van der Waals surface area contributed by atoms with Crippen LogP contribution in [0.5, 0.6) is 11.5 Å². The first-order chi connectivity index (χ1) is 16.5. The van der Waals surface area contributed by atoms with Gasteiger partial charge in [-0.05, 0) is 70.9 Å². The van der Waals surface area contributed by atoms with E-state index in [0.717, 1.165) is 41.7 Å². The van der Waals surface area contributed by atoms with Gasteiger partial charge in [0.1, 0.15) is 11.0 Å². The Hall–Kier alpha value is -2.04. The zero-order valence-electron chi connectivity index (χ0n) is 20.5. The number of hydrogen-bond donors (Lipinski definition) is 1. The number of carbonyl (C=O) groups is 1. The van der Waals surface area contributed by atoms with Crippen LogP contribution in [0.3, 0.4) is 0 Å². The van der Waals surface area contributed by atoms with E-state index in [-0.39, 0.29) is 42.0 Å². The number of aryl methyl sites for hydroxylation is 1. The van der Waals surface area contributed by atoms with Gasteiger partial charge in [-0.2, -0.15) is 0 Å². The number of nitrogens with one attached hydrogen (secondary N) is 1. The molecule has 2 aromatic heterocycles. The number of esters is 1. The van der Waals surface area contributed by atoms with Gasteiger partial charge in [-0.3, -0.25) is 4.79 Å². The summed E-state index contributed by atoms with van der Waals surface area (Å²) in [5.74, 6) is 1.97. The maximum Gasteiger partial charge on any atom is 0.319 e. The second-order valence-electron chi connectivity index (χ2n) is 8.28. The highest BCUT2D eigenvalue weighted by molar-refractivity contribution is 8.00. The topological polar surface area (TPSA) is 76.6 Å². The number of likely N-dealkylation sites (tertiary alicyclic amines) is 1. The van der Waals surface area contributed by atoms with Crippen molar-refractivity contribution in [3.8, 4) is 11.5 Å². The van der Waals surface area contributed by atoms with Crippen LogP contribution in [0.2, 0.25) is 0 Å². The van der Waals surface area contributed by atoms with Crippen molar-refractivity contribution in [3.05, 3.63) is 53.7 Å². The molecule has 1 atom stereocenters. The lowest BCUT2D eigenvalue weighted by atomic mass is 9.93. The van der Waals surface area contributed by atoms with Crippen molar-refractivity contribution in [2.45, 2.75) is 36.8 Å². The normalized spacial score (nSPS) is 14.8. The molecule has 11 heteroatoms. The summed E-state index contributed by atoms with van der Waals surface area (Å²) in [4.78, 5) is 25.2. The second-order valence-corrected chi connectivity index (χ2v) is 10.4. The van der Waals surface area contributed by atoms with Gasteiger partial charge in [0.2, 0.25) is 0 Å². The SMILES string of the molecule is CCOC(=O)C(Sc1cnc(Nc2nc(C)cs2)c(Oc2ccccc2)c1)C1CCN(C)CC1.Cl.Cl. The molecule has 4 rings (SSSR count). The number of piperidine rings is 1. The van der Waals surface area contributed by atoms with E-state index in [1.165, 1.54) is 23.1 Å². The summed E-state index contributed by atoms with van der Waals surface area (Å²) in [7, 11) is 2.12. The predicted octanol–water partition coefficient (Wildman–Crippen LogP) is 6.59. The molecule has 0 spiro atoms. The van der Waals surface area contributed by atoms with E-state index in [1.54, 1.807) is 6.20 Å². The largest absolute Gasteiger partial charge is 0.465 e. The van der Waals surface area contributed by atoms with Crippen molar-refractivity contribution in [2.75, 3.05) is 32.1 Å². The Balaban J connectivity index is 0.00000228. The van der Waals surface area contributed by atoms with Crippen LogP contribution in [0.15, 0.2) is 52.9 Å². The molecule has 196 valence electrons. The van der Waals surface area contributed by atoms with Crippen molar-refractivity contribution in [1.29, 1.82) is 0 Å². The number of anilines is 2. The van der Waals surface area contributed by atoms with Crippen LogP contribution < -0.4 is 10.1 Å². The average molecular weight is 572 g/mol. The lowest BCUT2D eigenvalue weighted by Gasteiger charge is -2.32. The van der Waals surface area contributed by atoms with Gasteiger partial charge in [-0.15, -0.1) is 47.9 Å². The van der Waals surface area contributed by atoms with Crippen LogP contribution in [0.4, 0.5) is 10.9 Å². The summed E-state index contributed by atoms with van der Waals surface area (Å²) >= 11 is 3.03. The first-order valence-electron chi connectivity index (χ1n) is 11.5. The van der Waals surface area contributed by atoms with E-state index in [1.807, 2.05) is 55.6 Å². The molecule has 1 aromatic carbocycles. The predicted molar refractivity (Wildman–Crippen MR) is 152 cm³/mol. The molecular formula is C25H32Cl2N4O3S2. The monoisotopic (exact) mass is 570 g/mol. The van der Waals surface area contributed by atoms with Gasteiger partial charge in [0, 0.05) is 16.5 Å². The fourth-order valence-corrected chi connectivity index (χ4v) is 5.73. The fourth-order valence-electron chi connectivity index (χ4n) is 3.83. The number of para-hydroxylation sites is 1. The molecule has 0 radical (unpaired) electrons. The van der Waals surface area contributed by atoms with Gasteiger partial charge in [-0.25, -0.2) is 9.97 Å². The van der Waals surface area contributed by atoms with Gasteiger partial charge in [0.15, 0.2) is 16.7 Å². The highest BCUT2D eigenvalue weighted by Crippen LogP contribution is 2.39. The molecule has 36 heavy (non-hydrogen) atoms. The molecule has 1 aliphatic rings. The molecular weight excluding hydrogens is 539 g/mol. The molecule has 3 aromatic rings. The van der Waals surface area contributed by atoms with E-state index in [2.05, 4.69) is 27.2 Å². The Morgan fingerprint density at radius 3 is 2.61 bits per heavy atom. The van der Waals surface area contributed by atoms with Crippen molar-refractivity contribution in [1.82, 2.24) is 14.9 Å². The lowest BCUT2D eigenvalue weighted by molar-refractivity contribution is -0.143. The molecule has 0 bridgehead atoms. The highest BCUT2D eigenvalue weighted by Gasteiger charge is 2.33. The zero-order chi connectivity index (χ0) is 23.9. The van der Waals surface area contributed by atoms with Gasteiger partial charge in [0.25, 0.3) is 0 Å². The van der Waals surface area contributed by atoms with Crippen LogP contribution in [-0.2, 0) is 9.53 Å². The van der Waals surface area contributed by atoms with Crippen LogP contribution in [-0.4, -0.2) is 52.8 Å². The summed E-state index contributed by atoms with van der Waals surface area (Å²) in [6.07, 6.45) is 3.72. The summed E-state index contributed by atoms with van der Waals surface area (Å²) in [5.41, 5.74) is 0.945. The molecule has 7 nitrogen and oxygen atoms in total. The summed E-state index contributed by atoms with van der Waals surface area (Å²) in [6, 6.07) is 11.5. The molecule has 1 N–H and O–H groups in total. The Kier molecular flexibility index (Phi) is 12.3. The molecule has 0 saturated carbocycles. The number of rotatable bonds is 9. The van der Waals surface area contributed by atoms with Gasteiger partial charge in [0.05, 0.1) is 12.3 Å². The Morgan fingerprint density at radius 1 is 1.25 bits per heavy atom. The molecule has 1 unspecified atom stereocenters. The lowest BCUT2D eigenvalue weighted by Crippen LogP contribution is -2.38. The van der Waals surface area contributed by atoms with E-state index >= 15 is 0 Å². The number of halogens is 2. The number of ether oxygens (including phenoxy) is 2. The molecule has 0 amide bonds. The molecule has 3 heterocycles. The minimum atomic E-state index is -0.277. The number of hydrogen-bond acceptors (Lipinski definition) is 9. The third kappa shape index (κ3) is 8.24. The van der Waals surface area contributed by atoms with Crippen molar-refractivity contribution in [2.24, 2.45) is 5.92 Å². The maximum atomic E-state index is 12.9. The Morgan fingerprint density at radius 2 is 1.97 bits per heavy atom. The third-order valence-corrected chi connectivity index (χ3v) is 7.82. The standard InChI is InChI=1S/C25H30N4O3S2.2ClH/c1-4-31-24(30)22(18-10-12-29(3)13-11-18)34-20-14-21(32-19-8-6-5-7-9-19)23(26-15-20)28-25-27-17(2)16-33-25;;/h5-9,14-16,18,22H,4,10-13H2,1-3H3,(H,26,27,28);2*1H. The first kappa shape index (κ1) is 30.2. The van der Waals surface area contributed by atoms with Crippen molar-refractivity contribution >= 4 is 64.8 Å². The summed E-state index contributed by atoms with van der Waals surface area (Å²) < 4.78 is 11.6. The maximum absolute atomic E-state index is 12.9. The quantitative estimate of drug-likeness (QED) is 0.228. The molecule has 1 saturated heterocycles. The minimum Gasteiger partial charge on any atom is -0.465 e. The minimum absolute atomic E-state index is 0. The first-order valence-corrected chi connectivity index (χ1v) is 13.2.